The van der Waals surface area contributed by atoms with Crippen LogP contribution in [-0.2, 0) is 16.1 Å². The minimum atomic E-state index is -0.174. The van der Waals surface area contributed by atoms with Gasteiger partial charge in [-0.1, -0.05) is 12.1 Å². The molecule has 1 N–H and O–H groups in total. The van der Waals surface area contributed by atoms with Crippen LogP contribution in [0.4, 0.5) is 5.82 Å². The zero-order valence-corrected chi connectivity index (χ0v) is 16.2. The standard InChI is InChI=1S/C21H25N3O4/c1-26-18-6-3-16(13-19(18)27-2)5-8-21(25)23-15-17-4-7-20(22-14-17)24-9-11-28-12-10-24/h3-8,13-14H,9-12,15H2,1-2H3,(H,23,25)/b8-5+. The number of hydrogen-bond acceptors (Lipinski definition) is 6. The molecule has 0 aliphatic carbocycles. The largest absolute Gasteiger partial charge is 0.493 e. The second kappa shape index (κ2) is 9.75. The molecule has 1 aromatic carbocycles. The molecule has 0 spiro atoms. The van der Waals surface area contributed by atoms with Gasteiger partial charge in [-0.15, -0.1) is 0 Å². The maximum absolute atomic E-state index is 12.1. The Morgan fingerprint density at radius 2 is 1.96 bits per heavy atom. The van der Waals surface area contributed by atoms with Gasteiger partial charge in [0, 0.05) is 31.9 Å². The van der Waals surface area contributed by atoms with Crippen molar-refractivity contribution < 1.29 is 19.0 Å². The van der Waals surface area contributed by atoms with E-state index < -0.39 is 0 Å². The van der Waals surface area contributed by atoms with E-state index in [1.807, 2.05) is 24.3 Å². The molecular weight excluding hydrogens is 358 g/mol. The SMILES string of the molecule is COc1ccc(/C=C/C(=O)NCc2ccc(N3CCOCC3)nc2)cc1OC. The smallest absolute Gasteiger partial charge is 0.244 e. The van der Waals surface area contributed by atoms with Gasteiger partial charge in [-0.25, -0.2) is 4.98 Å². The Morgan fingerprint density at radius 1 is 1.18 bits per heavy atom. The van der Waals surface area contributed by atoms with E-state index in [4.69, 9.17) is 14.2 Å². The first kappa shape index (κ1) is 19.7. The van der Waals surface area contributed by atoms with Crippen LogP contribution in [0.15, 0.2) is 42.6 Å². The van der Waals surface area contributed by atoms with Crippen molar-refractivity contribution in [2.75, 3.05) is 45.4 Å². The normalized spacial score (nSPS) is 14.1. The molecule has 0 bridgehead atoms. The van der Waals surface area contributed by atoms with Crippen molar-refractivity contribution in [2.24, 2.45) is 0 Å². The quantitative estimate of drug-likeness (QED) is 0.740. The summed E-state index contributed by atoms with van der Waals surface area (Å²) in [5.41, 5.74) is 1.80. The lowest BCUT2D eigenvalue weighted by molar-refractivity contribution is -0.116. The molecule has 2 aromatic rings. The number of benzene rings is 1. The fourth-order valence-corrected chi connectivity index (χ4v) is 2.88. The zero-order chi connectivity index (χ0) is 19.8. The molecule has 7 nitrogen and oxygen atoms in total. The summed E-state index contributed by atoms with van der Waals surface area (Å²) in [6.07, 6.45) is 5.02. The summed E-state index contributed by atoms with van der Waals surface area (Å²) in [6.45, 7) is 3.58. The highest BCUT2D eigenvalue weighted by molar-refractivity contribution is 5.91. The van der Waals surface area contributed by atoms with E-state index in [-0.39, 0.29) is 5.91 Å². The van der Waals surface area contributed by atoms with Crippen molar-refractivity contribution in [3.8, 4) is 11.5 Å². The van der Waals surface area contributed by atoms with Crippen LogP contribution in [-0.4, -0.2) is 51.4 Å². The van der Waals surface area contributed by atoms with Crippen LogP contribution >= 0.6 is 0 Å². The summed E-state index contributed by atoms with van der Waals surface area (Å²) in [5, 5.41) is 2.86. The topological polar surface area (TPSA) is 72.9 Å². The van der Waals surface area contributed by atoms with E-state index in [0.717, 1.165) is 43.2 Å². The molecule has 1 saturated heterocycles. The summed E-state index contributed by atoms with van der Waals surface area (Å²) >= 11 is 0. The third-order valence-electron chi connectivity index (χ3n) is 4.45. The number of morpholine rings is 1. The van der Waals surface area contributed by atoms with Gasteiger partial charge in [0.2, 0.25) is 5.91 Å². The molecule has 1 aromatic heterocycles. The first-order valence-electron chi connectivity index (χ1n) is 9.15. The van der Waals surface area contributed by atoms with E-state index in [0.29, 0.717) is 18.0 Å². The Labute approximate surface area is 164 Å². The van der Waals surface area contributed by atoms with Crippen LogP contribution in [0, 0.1) is 0 Å². The van der Waals surface area contributed by atoms with Gasteiger partial charge < -0.3 is 24.4 Å². The Balaban J connectivity index is 1.51. The van der Waals surface area contributed by atoms with Crippen LogP contribution in [0.25, 0.3) is 6.08 Å². The fourth-order valence-electron chi connectivity index (χ4n) is 2.88. The number of carbonyl (C=O) groups is 1. The van der Waals surface area contributed by atoms with Crippen molar-refractivity contribution in [3.05, 3.63) is 53.7 Å². The van der Waals surface area contributed by atoms with E-state index >= 15 is 0 Å². The van der Waals surface area contributed by atoms with Crippen molar-refractivity contribution in [1.29, 1.82) is 0 Å². The number of rotatable bonds is 7. The lowest BCUT2D eigenvalue weighted by Crippen LogP contribution is -2.36. The molecule has 2 heterocycles. The molecule has 0 saturated carbocycles. The highest BCUT2D eigenvalue weighted by Gasteiger charge is 2.12. The van der Waals surface area contributed by atoms with Crippen molar-refractivity contribution >= 4 is 17.8 Å². The molecule has 148 valence electrons. The number of hydrogen-bond donors (Lipinski definition) is 1. The molecule has 1 aliphatic heterocycles. The predicted octanol–water partition coefficient (Wildman–Crippen LogP) is 2.27. The number of ether oxygens (including phenoxy) is 3. The minimum absolute atomic E-state index is 0.174. The van der Waals surface area contributed by atoms with Gasteiger partial charge in [0.25, 0.3) is 0 Å². The van der Waals surface area contributed by atoms with Crippen molar-refractivity contribution in [3.63, 3.8) is 0 Å². The van der Waals surface area contributed by atoms with Crippen LogP contribution in [0.2, 0.25) is 0 Å². The molecule has 1 amide bonds. The van der Waals surface area contributed by atoms with E-state index in [1.165, 1.54) is 6.08 Å². The number of anilines is 1. The summed E-state index contributed by atoms with van der Waals surface area (Å²) < 4.78 is 15.8. The molecule has 7 heteroatoms. The van der Waals surface area contributed by atoms with E-state index in [2.05, 4.69) is 15.2 Å². The van der Waals surface area contributed by atoms with Crippen molar-refractivity contribution in [2.45, 2.75) is 6.54 Å². The van der Waals surface area contributed by atoms with Gasteiger partial charge in [-0.05, 0) is 35.4 Å². The predicted molar refractivity (Wildman–Crippen MR) is 108 cm³/mol. The molecular formula is C21H25N3O4. The maximum Gasteiger partial charge on any atom is 0.244 e. The number of nitrogens with zero attached hydrogens (tertiary/aromatic N) is 2. The minimum Gasteiger partial charge on any atom is -0.493 e. The Bertz CT molecular complexity index is 815. The maximum atomic E-state index is 12.1. The highest BCUT2D eigenvalue weighted by atomic mass is 16.5. The van der Waals surface area contributed by atoms with Gasteiger partial charge in [-0.2, -0.15) is 0 Å². The fraction of sp³-hybridized carbons (Fsp3) is 0.333. The molecule has 3 rings (SSSR count). The Hall–Kier alpha value is -3.06. The summed E-state index contributed by atoms with van der Waals surface area (Å²) in [6, 6.07) is 9.44. The second-order valence-electron chi connectivity index (χ2n) is 6.29. The van der Waals surface area contributed by atoms with Crippen LogP contribution < -0.4 is 19.7 Å². The second-order valence-corrected chi connectivity index (χ2v) is 6.29. The number of aromatic nitrogens is 1. The molecule has 0 unspecified atom stereocenters. The van der Waals surface area contributed by atoms with Gasteiger partial charge >= 0.3 is 0 Å². The lowest BCUT2D eigenvalue weighted by atomic mass is 10.2. The van der Waals surface area contributed by atoms with Gasteiger partial charge in [0.1, 0.15) is 5.82 Å². The van der Waals surface area contributed by atoms with E-state index in [9.17, 15) is 4.79 Å². The molecule has 0 atom stereocenters. The third kappa shape index (κ3) is 5.23. The highest BCUT2D eigenvalue weighted by Crippen LogP contribution is 2.27. The summed E-state index contributed by atoms with van der Waals surface area (Å²) in [4.78, 5) is 18.8. The van der Waals surface area contributed by atoms with Gasteiger partial charge in [-0.3, -0.25) is 4.79 Å². The number of pyridine rings is 1. The van der Waals surface area contributed by atoms with Crippen LogP contribution in [0.1, 0.15) is 11.1 Å². The lowest BCUT2D eigenvalue weighted by Gasteiger charge is -2.27. The first-order valence-corrected chi connectivity index (χ1v) is 9.15. The average Bonchev–Trinajstić information content (AvgIpc) is 2.77. The molecule has 28 heavy (non-hydrogen) atoms. The van der Waals surface area contributed by atoms with Crippen LogP contribution in [0.3, 0.4) is 0 Å². The monoisotopic (exact) mass is 383 g/mol. The molecule has 0 radical (unpaired) electrons. The first-order chi connectivity index (χ1) is 13.7. The van der Waals surface area contributed by atoms with Crippen molar-refractivity contribution in [1.82, 2.24) is 10.3 Å². The zero-order valence-electron chi connectivity index (χ0n) is 16.2. The number of methoxy groups -OCH3 is 2. The molecule has 1 fully saturated rings. The Morgan fingerprint density at radius 3 is 2.64 bits per heavy atom. The summed E-state index contributed by atoms with van der Waals surface area (Å²) in [5.74, 6) is 2.03. The number of carbonyl (C=O) groups excluding carboxylic acids is 1. The average molecular weight is 383 g/mol. The molecule has 1 aliphatic rings. The Kier molecular flexibility index (Phi) is 6.86. The number of amides is 1. The summed E-state index contributed by atoms with van der Waals surface area (Å²) in [7, 11) is 3.17. The van der Waals surface area contributed by atoms with Gasteiger partial charge in [0.05, 0.1) is 27.4 Å². The third-order valence-corrected chi connectivity index (χ3v) is 4.45. The van der Waals surface area contributed by atoms with Gasteiger partial charge in [0.15, 0.2) is 11.5 Å². The van der Waals surface area contributed by atoms with E-state index in [1.54, 1.807) is 32.6 Å². The van der Waals surface area contributed by atoms with Crippen LogP contribution in [0.5, 0.6) is 11.5 Å². The number of nitrogens with one attached hydrogen (secondary N) is 1.